The van der Waals surface area contributed by atoms with E-state index >= 15 is 0 Å². The fraction of sp³-hybridized carbons (Fsp3) is 0.118. The Balaban J connectivity index is 1.68. The van der Waals surface area contributed by atoms with E-state index in [4.69, 9.17) is 9.47 Å². The average molecular weight is 323 g/mol. The van der Waals surface area contributed by atoms with E-state index in [1.54, 1.807) is 30.5 Å². The van der Waals surface area contributed by atoms with Crippen LogP contribution in [0.15, 0.2) is 47.5 Å². The second kappa shape index (κ2) is 5.38. The van der Waals surface area contributed by atoms with Crippen molar-refractivity contribution >= 4 is 17.2 Å². The number of carbonyl (C=O) groups excluding carboxylic acids is 1. The molecule has 4 rings (SSSR count). The van der Waals surface area contributed by atoms with Gasteiger partial charge in [-0.1, -0.05) is 6.07 Å². The Bertz CT molecular complexity index is 1030. The number of nitrogens with zero attached hydrogens (tertiary/aromatic N) is 2. The summed E-state index contributed by atoms with van der Waals surface area (Å²) >= 11 is 0. The topological polar surface area (TPSA) is 81.9 Å². The van der Waals surface area contributed by atoms with Crippen LogP contribution in [0.2, 0.25) is 0 Å². The van der Waals surface area contributed by atoms with Gasteiger partial charge in [-0.15, -0.1) is 0 Å². The maximum Gasteiger partial charge on any atom is 0.270 e. The van der Waals surface area contributed by atoms with Crippen molar-refractivity contribution in [2.75, 3.05) is 12.1 Å². The molecule has 7 heteroatoms. The van der Waals surface area contributed by atoms with Gasteiger partial charge in [0, 0.05) is 24.1 Å². The van der Waals surface area contributed by atoms with Gasteiger partial charge in [0.1, 0.15) is 11.2 Å². The molecule has 0 atom stereocenters. The molecule has 0 aliphatic carbocycles. The Kier molecular flexibility index (Phi) is 3.19. The van der Waals surface area contributed by atoms with Gasteiger partial charge >= 0.3 is 0 Å². The molecule has 0 fully saturated rings. The van der Waals surface area contributed by atoms with E-state index in [-0.39, 0.29) is 12.4 Å². The molecular formula is C17H13N3O4. The number of hydrogen-bond acceptors (Lipinski definition) is 5. The molecule has 1 aliphatic rings. The minimum absolute atomic E-state index is 0.0317. The maximum absolute atomic E-state index is 12.5. The number of amides is 1. The highest BCUT2D eigenvalue weighted by Gasteiger charge is 2.17. The van der Waals surface area contributed by atoms with Crippen LogP contribution in [0, 0.1) is 6.92 Å². The Labute approximate surface area is 136 Å². The van der Waals surface area contributed by atoms with Gasteiger partial charge in [0.2, 0.25) is 6.79 Å². The van der Waals surface area contributed by atoms with Gasteiger partial charge < -0.3 is 14.8 Å². The lowest BCUT2D eigenvalue weighted by Crippen LogP contribution is -2.26. The number of fused-ring (bicyclic) bond motifs is 2. The number of pyridine rings is 1. The molecule has 0 saturated heterocycles. The summed E-state index contributed by atoms with van der Waals surface area (Å²) in [5.41, 5.74) is 1.46. The summed E-state index contributed by atoms with van der Waals surface area (Å²) in [6, 6.07) is 8.62. The highest BCUT2D eigenvalue weighted by Crippen LogP contribution is 2.34. The van der Waals surface area contributed by atoms with Crippen LogP contribution in [0.3, 0.4) is 0 Å². The highest BCUT2D eigenvalue weighted by atomic mass is 16.7. The van der Waals surface area contributed by atoms with Crippen LogP contribution in [0.25, 0.3) is 5.65 Å². The molecule has 1 amide bonds. The van der Waals surface area contributed by atoms with Crippen LogP contribution in [-0.2, 0) is 0 Å². The molecular weight excluding hydrogens is 310 g/mol. The lowest BCUT2D eigenvalue weighted by molar-refractivity contribution is 0.102. The Morgan fingerprint density at radius 1 is 1.21 bits per heavy atom. The third kappa shape index (κ3) is 2.36. The molecule has 0 unspecified atom stereocenters. The van der Waals surface area contributed by atoms with Gasteiger partial charge in [0.15, 0.2) is 11.5 Å². The van der Waals surface area contributed by atoms with Crippen molar-refractivity contribution in [3.8, 4) is 11.5 Å². The first-order chi connectivity index (χ1) is 11.6. The molecule has 120 valence electrons. The molecule has 1 N–H and O–H groups in total. The monoisotopic (exact) mass is 323 g/mol. The molecule has 0 spiro atoms. The van der Waals surface area contributed by atoms with E-state index in [0.29, 0.717) is 22.8 Å². The number of aromatic nitrogens is 2. The molecule has 1 aromatic carbocycles. The molecule has 3 aromatic rings. The third-order valence-electron chi connectivity index (χ3n) is 3.73. The first-order valence-electron chi connectivity index (χ1n) is 7.31. The minimum atomic E-state index is -0.526. The van der Waals surface area contributed by atoms with Gasteiger partial charge in [-0.05, 0) is 30.7 Å². The molecule has 7 nitrogen and oxygen atoms in total. The average Bonchev–Trinajstić information content (AvgIpc) is 3.03. The zero-order valence-electron chi connectivity index (χ0n) is 12.8. The number of carbonyl (C=O) groups is 1. The van der Waals surface area contributed by atoms with Crippen LogP contribution in [-0.4, -0.2) is 22.1 Å². The van der Waals surface area contributed by atoms with E-state index in [1.165, 1.54) is 10.6 Å². The van der Waals surface area contributed by atoms with E-state index in [0.717, 1.165) is 5.56 Å². The van der Waals surface area contributed by atoms with E-state index in [2.05, 4.69) is 10.3 Å². The Morgan fingerprint density at radius 2 is 2.04 bits per heavy atom. The second-order valence-electron chi connectivity index (χ2n) is 5.43. The van der Waals surface area contributed by atoms with Gasteiger partial charge in [-0.3, -0.25) is 14.0 Å². The summed E-state index contributed by atoms with van der Waals surface area (Å²) in [4.78, 5) is 29.1. The lowest BCUT2D eigenvalue weighted by Gasteiger charge is -2.07. The van der Waals surface area contributed by atoms with Gasteiger partial charge in [-0.2, -0.15) is 0 Å². The minimum Gasteiger partial charge on any atom is -0.454 e. The van der Waals surface area contributed by atoms with Gasteiger partial charge in [0.25, 0.3) is 11.5 Å². The summed E-state index contributed by atoms with van der Waals surface area (Å²) in [7, 11) is 0. The highest BCUT2D eigenvalue weighted by molar-refractivity contribution is 6.04. The maximum atomic E-state index is 12.5. The number of ether oxygens (including phenoxy) is 2. The molecule has 2 aromatic heterocycles. The molecule has 3 heterocycles. The fourth-order valence-electron chi connectivity index (χ4n) is 2.51. The Morgan fingerprint density at radius 3 is 2.92 bits per heavy atom. The number of rotatable bonds is 2. The van der Waals surface area contributed by atoms with Crippen LogP contribution >= 0.6 is 0 Å². The molecule has 0 radical (unpaired) electrons. The van der Waals surface area contributed by atoms with Crippen LogP contribution in [0.5, 0.6) is 11.5 Å². The van der Waals surface area contributed by atoms with Crippen LogP contribution in [0.4, 0.5) is 5.69 Å². The summed E-state index contributed by atoms with van der Waals surface area (Å²) < 4.78 is 11.9. The molecule has 24 heavy (non-hydrogen) atoms. The number of hydrogen-bond donors (Lipinski definition) is 1. The van der Waals surface area contributed by atoms with Crippen molar-refractivity contribution in [1.82, 2.24) is 9.38 Å². The predicted molar refractivity (Wildman–Crippen MR) is 86.7 cm³/mol. The second-order valence-corrected chi connectivity index (χ2v) is 5.43. The summed E-state index contributed by atoms with van der Waals surface area (Å²) in [6.07, 6.45) is 2.94. The summed E-state index contributed by atoms with van der Waals surface area (Å²) in [5.74, 6) is 0.648. The standard InChI is InChI=1S/C17H13N3O4/c1-10-2-5-15-18-7-12(17(22)20(15)8-10)16(21)19-11-3-4-13-14(6-11)24-9-23-13/h2-8H,9H2,1H3,(H,19,21). The van der Waals surface area contributed by atoms with Crippen molar-refractivity contribution in [1.29, 1.82) is 0 Å². The summed E-state index contributed by atoms with van der Waals surface area (Å²) in [5, 5.41) is 2.68. The first kappa shape index (κ1) is 14.3. The van der Waals surface area contributed by atoms with E-state index < -0.39 is 11.5 Å². The van der Waals surface area contributed by atoms with E-state index in [9.17, 15) is 9.59 Å². The number of benzene rings is 1. The number of aryl methyl sites for hydroxylation is 1. The van der Waals surface area contributed by atoms with Crippen LogP contribution in [0.1, 0.15) is 15.9 Å². The largest absolute Gasteiger partial charge is 0.454 e. The molecule has 0 bridgehead atoms. The Hall–Kier alpha value is -3.35. The quantitative estimate of drug-likeness (QED) is 0.780. The zero-order valence-corrected chi connectivity index (χ0v) is 12.8. The summed E-state index contributed by atoms with van der Waals surface area (Å²) in [6.45, 7) is 2.02. The normalized spacial score (nSPS) is 12.4. The number of nitrogens with one attached hydrogen (secondary N) is 1. The first-order valence-corrected chi connectivity index (χ1v) is 7.31. The van der Waals surface area contributed by atoms with Crippen LogP contribution < -0.4 is 20.3 Å². The molecule has 0 saturated carbocycles. The lowest BCUT2D eigenvalue weighted by atomic mass is 10.2. The van der Waals surface area contributed by atoms with Crippen molar-refractivity contribution in [2.24, 2.45) is 0 Å². The SMILES string of the molecule is Cc1ccc2ncc(C(=O)Nc3ccc4c(c3)OCO4)c(=O)n2c1. The van der Waals surface area contributed by atoms with Crippen molar-refractivity contribution < 1.29 is 14.3 Å². The number of anilines is 1. The third-order valence-corrected chi connectivity index (χ3v) is 3.73. The van der Waals surface area contributed by atoms with Gasteiger partial charge in [-0.25, -0.2) is 4.98 Å². The van der Waals surface area contributed by atoms with E-state index in [1.807, 2.05) is 13.0 Å². The smallest absolute Gasteiger partial charge is 0.270 e. The van der Waals surface area contributed by atoms with Crippen molar-refractivity contribution in [2.45, 2.75) is 6.92 Å². The van der Waals surface area contributed by atoms with Crippen molar-refractivity contribution in [3.05, 3.63) is 64.2 Å². The fourth-order valence-corrected chi connectivity index (χ4v) is 2.51. The molecule has 1 aliphatic heterocycles. The van der Waals surface area contributed by atoms with Gasteiger partial charge in [0.05, 0.1) is 0 Å². The predicted octanol–water partition coefficient (Wildman–Crippen LogP) is 1.98. The van der Waals surface area contributed by atoms with Crippen molar-refractivity contribution in [3.63, 3.8) is 0 Å². The zero-order chi connectivity index (χ0) is 16.7.